The maximum Gasteiger partial charge on any atom is 0.326 e. The lowest BCUT2D eigenvalue weighted by molar-refractivity contribution is -0.142. The summed E-state index contributed by atoms with van der Waals surface area (Å²) in [5, 5.41) is 18.8. The third-order valence-corrected chi connectivity index (χ3v) is 3.88. The van der Waals surface area contributed by atoms with Gasteiger partial charge in [-0.05, 0) is 29.3 Å². The van der Waals surface area contributed by atoms with Gasteiger partial charge in [0.15, 0.2) is 0 Å². The van der Waals surface area contributed by atoms with Gasteiger partial charge in [0.25, 0.3) is 5.91 Å². The van der Waals surface area contributed by atoms with E-state index in [1.165, 1.54) is 17.0 Å². The first-order valence-corrected chi connectivity index (χ1v) is 6.96. The van der Waals surface area contributed by atoms with E-state index in [4.69, 9.17) is 0 Å². The number of carbonyl (C=O) groups excluding carboxylic acids is 1. The Morgan fingerprint density at radius 3 is 2.45 bits per heavy atom. The van der Waals surface area contributed by atoms with Crippen molar-refractivity contribution in [3.05, 3.63) is 65.2 Å². The summed E-state index contributed by atoms with van der Waals surface area (Å²) in [5.41, 5.74) is 2.18. The van der Waals surface area contributed by atoms with Crippen molar-refractivity contribution in [3.63, 3.8) is 0 Å². The van der Waals surface area contributed by atoms with Crippen molar-refractivity contribution in [2.45, 2.75) is 19.0 Å². The van der Waals surface area contributed by atoms with E-state index < -0.39 is 12.0 Å². The van der Waals surface area contributed by atoms with Gasteiger partial charge in [0.05, 0.1) is 0 Å². The summed E-state index contributed by atoms with van der Waals surface area (Å²) in [4.78, 5) is 25.4. The highest BCUT2D eigenvalue weighted by atomic mass is 16.4. The molecule has 1 unspecified atom stereocenters. The maximum atomic E-state index is 12.4. The van der Waals surface area contributed by atoms with Gasteiger partial charge in [0.1, 0.15) is 11.8 Å². The molecule has 0 fully saturated rings. The van der Waals surface area contributed by atoms with E-state index in [1.54, 1.807) is 24.3 Å². The molecule has 2 aromatic carbocycles. The molecule has 5 nitrogen and oxygen atoms in total. The molecule has 1 amide bonds. The van der Waals surface area contributed by atoms with Crippen LogP contribution >= 0.6 is 0 Å². The van der Waals surface area contributed by atoms with E-state index in [2.05, 4.69) is 0 Å². The van der Waals surface area contributed by atoms with Crippen LogP contribution in [0.25, 0.3) is 0 Å². The van der Waals surface area contributed by atoms with Crippen LogP contribution < -0.4 is 0 Å². The molecule has 3 rings (SSSR count). The number of fused-ring (bicyclic) bond motifs is 1. The number of phenols is 1. The second-order valence-corrected chi connectivity index (χ2v) is 5.31. The monoisotopic (exact) mass is 297 g/mol. The highest BCUT2D eigenvalue weighted by Gasteiger charge is 2.36. The molecule has 2 N–H and O–H groups in total. The molecule has 0 bridgehead atoms. The summed E-state index contributed by atoms with van der Waals surface area (Å²) in [6.45, 7) is 0.310. The summed E-state index contributed by atoms with van der Waals surface area (Å²) in [5.74, 6) is -1.16. The summed E-state index contributed by atoms with van der Waals surface area (Å²) in [6.07, 6.45) is 0.204. The number of amides is 1. The van der Waals surface area contributed by atoms with Gasteiger partial charge < -0.3 is 15.1 Å². The standard InChI is InChI=1S/C17H15NO4/c19-13-7-5-11(6-8-13)9-15(17(21)22)18-10-12-3-1-2-4-14(12)16(18)20/h1-8,15,19H,9-10H2,(H,21,22). The van der Waals surface area contributed by atoms with Gasteiger partial charge >= 0.3 is 5.97 Å². The molecule has 0 aliphatic carbocycles. The van der Waals surface area contributed by atoms with E-state index in [-0.39, 0.29) is 18.1 Å². The fourth-order valence-electron chi connectivity index (χ4n) is 2.71. The topological polar surface area (TPSA) is 77.8 Å². The first kappa shape index (κ1) is 14.1. The zero-order chi connectivity index (χ0) is 15.7. The molecule has 0 saturated carbocycles. The summed E-state index contributed by atoms with van der Waals surface area (Å²) in [7, 11) is 0. The van der Waals surface area contributed by atoms with Crippen molar-refractivity contribution in [2.24, 2.45) is 0 Å². The zero-order valence-corrected chi connectivity index (χ0v) is 11.8. The van der Waals surface area contributed by atoms with E-state index in [9.17, 15) is 19.8 Å². The Hall–Kier alpha value is -2.82. The fourth-order valence-corrected chi connectivity index (χ4v) is 2.71. The van der Waals surface area contributed by atoms with Gasteiger partial charge in [-0.2, -0.15) is 0 Å². The molecule has 0 spiro atoms. The molecule has 1 heterocycles. The summed E-state index contributed by atoms with van der Waals surface area (Å²) >= 11 is 0. The van der Waals surface area contributed by atoms with Gasteiger partial charge in [-0.15, -0.1) is 0 Å². The Labute approximate surface area is 127 Å². The highest BCUT2D eigenvalue weighted by Crippen LogP contribution is 2.26. The van der Waals surface area contributed by atoms with Crippen molar-refractivity contribution in [2.75, 3.05) is 0 Å². The molecular formula is C17H15NO4. The summed E-state index contributed by atoms with van der Waals surface area (Å²) < 4.78 is 0. The van der Waals surface area contributed by atoms with Gasteiger partial charge in [0.2, 0.25) is 0 Å². The van der Waals surface area contributed by atoms with Gasteiger partial charge in [-0.3, -0.25) is 4.79 Å². The SMILES string of the molecule is O=C(O)C(Cc1ccc(O)cc1)N1Cc2ccccc2C1=O. The predicted octanol–water partition coefficient (Wildman–Crippen LogP) is 2.04. The van der Waals surface area contributed by atoms with Crippen molar-refractivity contribution in [3.8, 4) is 5.75 Å². The Morgan fingerprint density at radius 2 is 1.82 bits per heavy atom. The predicted molar refractivity (Wildman–Crippen MR) is 79.6 cm³/mol. The first-order chi connectivity index (χ1) is 10.6. The highest BCUT2D eigenvalue weighted by molar-refractivity contribution is 6.00. The second kappa shape index (κ2) is 5.52. The Bertz CT molecular complexity index is 724. The maximum absolute atomic E-state index is 12.4. The molecule has 1 aliphatic rings. The van der Waals surface area contributed by atoms with Crippen LogP contribution in [0, 0.1) is 0 Å². The molecule has 0 radical (unpaired) electrons. The van der Waals surface area contributed by atoms with Crippen LogP contribution in [0.4, 0.5) is 0 Å². The smallest absolute Gasteiger partial charge is 0.326 e. The second-order valence-electron chi connectivity index (χ2n) is 5.31. The average Bonchev–Trinajstić information content (AvgIpc) is 2.84. The number of carboxylic acid groups (broad SMARTS) is 1. The van der Waals surface area contributed by atoms with Crippen LogP contribution in [0.15, 0.2) is 48.5 Å². The van der Waals surface area contributed by atoms with Crippen LogP contribution in [-0.2, 0) is 17.8 Å². The number of aromatic hydroxyl groups is 1. The van der Waals surface area contributed by atoms with Crippen LogP contribution in [0.5, 0.6) is 5.75 Å². The molecule has 1 atom stereocenters. The molecule has 22 heavy (non-hydrogen) atoms. The minimum Gasteiger partial charge on any atom is -0.508 e. The number of hydrogen-bond donors (Lipinski definition) is 2. The number of carbonyl (C=O) groups is 2. The van der Waals surface area contributed by atoms with E-state index in [1.807, 2.05) is 12.1 Å². The number of benzene rings is 2. The van der Waals surface area contributed by atoms with Crippen LogP contribution in [0.3, 0.4) is 0 Å². The molecule has 1 aliphatic heterocycles. The number of rotatable bonds is 4. The zero-order valence-electron chi connectivity index (χ0n) is 11.8. The first-order valence-electron chi connectivity index (χ1n) is 6.96. The number of carboxylic acids is 1. The van der Waals surface area contributed by atoms with E-state index in [0.717, 1.165) is 11.1 Å². The Kier molecular flexibility index (Phi) is 3.55. The summed E-state index contributed by atoms with van der Waals surface area (Å²) in [6, 6.07) is 12.6. The van der Waals surface area contributed by atoms with Crippen LogP contribution in [0.1, 0.15) is 21.5 Å². The Morgan fingerprint density at radius 1 is 1.14 bits per heavy atom. The van der Waals surface area contributed by atoms with E-state index in [0.29, 0.717) is 12.1 Å². The molecule has 0 saturated heterocycles. The lowest BCUT2D eigenvalue weighted by atomic mass is 10.0. The third-order valence-electron chi connectivity index (χ3n) is 3.88. The van der Waals surface area contributed by atoms with Crippen LogP contribution in [-0.4, -0.2) is 33.0 Å². The Balaban J connectivity index is 1.85. The lowest BCUT2D eigenvalue weighted by Crippen LogP contribution is -2.42. The molecule has 2 aromatic rings. The normalized spacial score (nSPS) is 14.7. The third kappa shape index (κ3) is 2.53. The largest absolute Gasteiger partial charge is 0.508 e. The molecule has 112 valence electrons. The number of nitrogens with zero attached hydrogens (tertiary/aromatic N) is 1. The lowest BCUT2D eigenvalue weighted by Gasteiger charge is -2.24. The average molecular weight is 297 g/mol. The number of aliphatic carboxylic acids is 1. The van der Waals surface area contributed by atoms with Gasteiger partial charge in [-0.1, -0.05) is 30.3 Å². The fraction of sp³-hybridized carbons (Fsp3) is 0.176. The van der Waals surface area contributed by atoms with Crippen molar-refractivity contribution in [1.29, 1.82) is 0 Å². The minimum absolute atomic E-state index is 0.125. The van der Waals surface area contributed by atoms with Crippen molar-refractivity contribution >= 4 is 11.9 Å². The van der Waals surface area contributed by atoms with Gasteiger partial charge in [0, 0.05) is 18.5 Å². The molecule has 5 heteroatoms. The van der Waals surface area contributed by atoms with Crippen molar-refractivity contribution in [1.82, 2.24) is 4.90 Å². The number of phenolic OH excluding ortho intramolecular Hbond substituents is 1. The van der Waals surface area contributed by atoms with E-state index >= 15 is 0 Å². The quantitative estimate of drug-likeness (QED) is 0.905. The number of hydrogen-bond acceptors (Lipinski definition) is 3. The van der Waals surface area contributed by atoms with Gasteiger partial charge in [-0.25, -0.2) is 4.79 Å². The van der Waals surface area contributed by atoms with Crippen LogP contribution in [0.2, 0.25) is 0 Å². The molecular weight excluding hydrogens is 282 g/mol. The van der Waals surface area contributed by atoms with Crippen molar-refractivity contribution < 1.29 is 19.8 Å². The molecule has 0 aromatic heterocycles. The minimum atomic E-state index is -1.03.